The quantitative estimate of drug-likeness (QED) is 0.863. The van der Waals surface area contributed by atoms with Gasteiger partial charge < -0.3 is 4.90 Å². The predicted molar refractivity (Wildman–Crippen MR) is 63.8 cm³/mol. The summed E-state index contributed by atoms with van der Waals surface area (Å²) >= 11 is 0. The van der Waals surface area contributed by atoms with Crippen molar-refractivity contribution < 1.29 is 8.42 Å². The summed E-state index contributed by atoms with van der Waals surface area (Å²) in [6, 6.07) is 6.74. The van der Waals surface area contributed by atoms with E-state index >= 15 is 0 Å². The molecule has 0 spiro atoms. The normalized spacial score (nSPS) is 17.2. The second-order valence-electron chi connectivity index (χ2n) is 4.22. The Balaban J connectivity index is 2.10. The topological polar surface area (TPSA) is 63.4 Å². The van der Waals surface area contributed by atoms with Crippen LogP contribution in [-0.2, 0) is 10.0 Å². The molecule has 1 aromatic carbocycles. The molecule has 0 atom stereocenters. The summed E-state index contributed by atoms with van der Waals surface area (Å²) in [6.07, 6.45) is 1.20. The Hall–Kier alpha value is -1.07. The van der Waals surface area contributed by atoms with Crippen molar-refractivity contribution in [2.45, 2.75) is 18.2 Å². The van der Waals surface area contributed by atoms with Gasteiger partial charge in [-0.2, -0.15) is 0 Å². The number of nitrogens with two attached hydrogens (primary N) is 1. The van der Waals surface area contributed by atoms with Gasteiger partial charge in [-0.15, -0.1) is 0 Å². The molecule has 0 bridgehead atoms. The lowest BCUT2D eigenvalue weighted by Gasteiger charge is -2.40. The van der Waals surface area contributed by atoms with Crippen LogP contribution in [0.2, 0.25) is 0 Å². The van der Waals surface area contributed by atoms with E-state index in [0.717, 1.165) is 24.7 Å². The Morgan fingerprint density at radius 2 is 1.88 bits per heavy atom. The van der Waals surface area contributed by atoms with Crippen LogP contribution in [0.5, 0.6) is 0 Å². The molecule has 1 aromatic rings. The van der Waals surface area contributed by atoms with E-state index in [-0.39, 0.29) is 4.90 Å². The first kappa shape index (κ1) is 11.4. The molecule has 0 unspecified atom stereocenters. The van der Waals surface area contributed by atoms with Gasteiger partial charge in [-0.1, -0.05) is 6.92 Å². The van der Waals surface area contributed by atoms with Crippen LogP contribution in [0.25, 0.3) is 0 Å². The fourth-order valence-corrected chi connectivity index (χ4v) is 2.40. The first-order chi connectivity index (χ1) is 7.50. The van der Waals surface area contributed by atoms with Gasteiger partial charge in [0.2, 0.25) is 10.0 Å². The Bertz CT molecular complexity index is 461. The van der Waals surface area contributed by atoms with Crippen molar-refractivity contribution in [2.75, 3.05) is 18.0 Å². The van der Waals surface area contributed by atoms with Gasteiger partial charge in [0.05, 0.1) is 4.90 Å². The smallest absolute Gasteiger partial charge is 0.238 e. The van der Waals surface area contributed by atoms with Gasteiger partial charge in [0.15, 0.2) is 0 Å². The number of primary sulfonamides is 1. The zero-order valence-corrected chi connectivity index (χ0v) is 10.1. The molecule has 0 aromatic heterocycles. The van der Waals surface area contributed by atoms with Crippen LogP contribution in [0, 0.1) is 5.92 Å². The van der Waals surface area contributed by atoms with E-state index in [1.54, 1.807) is 12.1 Å². The number of benzene rings is 1. The lowest BCUT2D eigenvalue weighted by Crippen LogP contribution is -2.46. The van der Waals surface area contributed by atoms with Crippen LogP contribution in [0.1, 0.15) is 13.3 Å². The molecule has 88 valence electrons. The summed E-state index contributed by atoms with van der Waals surface area (Å²) in [4.78, 5) is 2.41. The van der Waals surface area contributed by atoms with Crippen molar-refractivity contribution in [1.29, 1.82) is 0 Å². The van der Waals surface area contributed by atoms with Crippen LogP contribution in [0.15, 0.2) is 29.2 Å². The maximum atomic E-state index is 11.1. The van der Waals surface area contributed by atoms with Gasteiger partial charge in [-0.3, -0.25) is 0 Å². The van der Waals surface area contributed by atoms with Gasteiger partial charge in [0, 0.05) is 18.8 Å². The lowest BCUT2D eigenvalue weighted by atomic mass is 9.97. The number of rotatable bonds is 3. The Kier molecular flexibility index (Phi) is 2.90. The highest BCUT2D eigenvalue weighted by Gasteiger charge is 2.25. The highest BCUT2D eigenvalue weighted by molar-refractivity contribution is 7.89. The summed E-state index contributed by atoms with van der Waals surface area (Å²) in [7, 11) is -3.57. The van der Waals surface area contributed by atoms with Crippen molar-refractivity contribution in [3.8, 4) is 0 Å². The number of nitrogens with zero attached hydrogens (tertiary/aromatic N) is 1. The predicted octanol–water partition coefficient (Wildman–Crippen LogP) is 1.18. The van der Waals surface area contributed by atoms with Gasteiger partial charge in [-0.25, -0.2) is 13.6 Å². The fourth-order valence-electron chi connectivity index (χ4n) is 1.89. The largest absolute Gasteiger partial charge is 0.371 e. The van der Waals surface area contributed by atoms with Crippen molar-refractivity contribution in [2.24, 2.45) is 11.1 Å². The number of anilines is 1. The van der Waals surface area contributed by atoms with Crippen LogP contribution < -0.4 is 10.0 Å². The molecule has 1 saturated heterocycles. The van der Waals surface area contributed by atoms with E-state index in [2.05, 4.69) is 11.8 Å². The van der Waals surface area contributed by atoms with Crippen molar-refractivity contribution >= 4 is 15.7 Å². The molecule has 0 radical (unpaired) electrons. The molecule has 0 amide bonds. The molecule has 2 rings (SSSR count). The lowest BCUT2D eigenvalue weighted by molar-refractivity contribution is 0.399. The monoisotopic (exact) mass is 240 g/mol. The number of hydrogen-bond donors (Lipinski definition) is 1. The van der Waals surface area contributed by atoms with Crippen molar-refractivity contribution in [3.05, 3.63) is 24.3 Å². The molecule has 4 nitrogen and oxygen atoms in total. The molecule has 1 aliphatic heterocycles. The second-order valence-corrected chi connectivity index (χ2v) is 5.78. The van der Waals surface area contributed by atoms with E-state index in [4.69, 9.17) is 5.14 Å². The minimum Gasteiger partial charge on any atom is -0.371 e. The van der Waals surface area contributed by atoms with Gasteiger partial charge >= 0.3 is 0 Å². The number of hydrogen-bond acceptors (Lipinski definition) is 3. The molecule has 0 aliphatic carbocycles. The summed E-state index contributed by atoms with van der Waals surface area (Å²) in [5.41, 5.74) is 1.07. The first-order valence-corrected chi connectivity index (χ1v) is 6.93. The Labute approximate surface area is 96.1 Å². The second kappa shape index (κ2) is 4.07. The number of sulfonamides is 1. The summed E-state index contributed by atoms with van der Waals surface area (Å²) in [5, 5.41) is 5.03. The minimum absolute atomic E-state index is 0.170. The van der Waals surface area contributed by atoms with Gasteiger partial charge in [0.25, 0.3) is 0 Å². The van der Waals surface area contributed by atoms with Crippen molar-refractivity contribution in [3.63, 3.8) is 0 Å². The molecule has 5 heteroatoms. The third-order valence-corrected chi connectivity index (χ3v) is 3.99. The van der Waals surface area contributed by atoms with Crippen LogP contribution >= 0.6 is 0 Å². The first-order valence-electron chi connectivity index (χ1n) is 5.38. The van der Waals surface area contributed by atoms with Gasteiger partial charge in [-0.05, 0) is 36.6 Å². The fraction of sp³-hybridized carbons (Fsp3) is 0.455. The minimum atomic E-state index is -3.57. The van der Waals surface area contributed by atoms with E-state index in [1.807, 2.05) is 12.1 Å². The SMILES string of the molecule is CCC1CN(c2ccc(S(N)(=O)=O)cc2)C1. The highest BCUT2D eigenvalue weighted by Crippen LogP contribution is 2.26. The van der Waals surface area contributed by atoms with Crippen LogP contribution in [0.3, 0.4) is 0 Å². The maximum Gasteiger partial charge on any atom is 0.238 e. The molecule has 1 fully saturated rings. The van der Waals surface area contributed by atoms with Gasteiger partial charge in [0.1, 0.15) is 0 Å². The van der Waals surface area contributed by atoms with E-state index in [0.29, 0.717) is 0 Å². The van der Waals surface area contributed by atoms with Crippen LogP contribution in [0.4, 0.5) is 5.69 Å². The molecule has 1 aliphatic rings. The molecular weight excluding hydrogens is 224 g/mol. The standard InChI is InChI=1S/C11H16N2O2S/c1-2-9-7-13(8-9)10-3-5-11(6-4-10)16(12,14)15/h3-6,9H,2,7-8H2,1H3,(H2,12,14,15). The Morgan fingerprint density at radius 1 is 1.31 bits per heavy atom. The zero-order valence-electron chi connectivity index (χ0n) is 9.26. The van der Waals surface area contributed by atoms with E-state index in [1.165, 1.54) is 6.42 Å². The zero-order chi connectivity index (χ0) is 11.8. The maximum absolute atomic E-state index is 11.1. The summed E-state index contributed by atoms with van der Waals surface area (Å²) in [6.45, 7) is 4.31. The van der Waals surface area contributed by atoms with E-state index < -0.39 is 10.0 Å². The third-order valence-electron chi connectivity index (χ3n) is 3.06. The summed E-state index contributed by atoms with van der Waals surface area (Å²) in [5.74, 6) is 0.776. The average Bonchev–Trinajstić information content (AvgIpc) is 2.15. The molecule has 0 saturated carbocycles. The highest BCUT2D eigenvalue weighted by atomic mass is 32.2. The molecule has 16 heavy (non-hydrogen) atoms. The average molecular weight is 240 g/mol. The molecule has 2 N–H and O–H groups in total. The van der Waals surface area contributed by atoms with E-state index in [9.17, 15) is 8.42 Å². The van der Waals surface area contributed by atoms with Crippen molar-refractivity contribution in [1.82, 2.24) is 0 Å². The summed E-state index contributed by atoms with van der Waals surface area (Å²) < 4.78 is 22.1. The molecule has 1 heterocycles. The third kappa shape index (κ3) is 2.20. The molecular formula is C11H16N2O2S. The Morgan fingerprint density at radius 3 is 2.31 bits per heavy atom. The van der Waals surface area contributed by atoms with Crippen LogP contribution in [-0.4, -0.2) is 21.5 Å².